The quantitative estimate of drug-likeness (QED) is 0.411. The zero-order valence-electron chi connectivity index (χ0n) is 19.0. The minimum Gasteiger partial charge on any atom is -0.399 e. The number of benzene rings is 2. The number of rotatable bonds is 7. The summed E-state index contributed by atoms with van der Waals surface area (Å²) in [6.07, 6.45) is -1.53. The lowest BCUT2D eigenvalue weighted by molar-refractivity contribution is -0.137. The Morgan fingerprint density at radius 2 is 1.85 bits per heavy atom. The highest BCUT2D eigenvalue weighted by molar-refractivity contribution is 6.29. The van der Waals surface area contributed by atoms with Gasteiger partial charge in [0.15, 0.2) is 0 Å². The van der Waals surface area contributed by atoms with Crippen molar-refractivity contribution < 1.29 is 18.0 Å². The number of nitrogens with zero attached hydrogens (tertiary/aromatic N) is 4. The molecule has 1 amide bonds. The van der Waals surface area contributed by atoms with Gasteiger partial charge in [0.05, 0.1) is 24.0 Å². The Hall–Kier alpha value is -3.33. The van der Waals surface area contributed by atoms with Gasteiger partial charge in [-0.2, -0.15) is 13.2 Å². The SMILES string of the molecule is CCN(C(=O)c1cc(N)cc(C(F)(F)F)c1)c1cccc([C@H](C)N(CC)c2cncc(Cl)n2)c1. The monoisotopic (exact) mass is 491 g/mol. The number of carbonyl (C=O) groups is 1. The van der Waals surface area contributed by atoms with E-state index in [1.165, 1.54) is 17.2 Å². The van der Waals surface area contributed by atoms with E-state index < -0.39 is 17.6 Å². The van der Waals surface area contributed by atoms with Crippen LogP contribution in [0.15, 0.2) is 54.9 Å². The molecule has 0 unspecified atom stereocenters. The molecule has 10 heteroatoms. The van der Waals surface area contributed by atoms with Crippen LogP contribution in [-0.4, -0.2) is 29.0 Å². The average Bonchev–Trinajstić information content (AvgIpc) is 2.79. The van der Waals surface area contributed by atoms with E-state index in [1.54, 1.807) is 25.3 Å². The number of nitrogens with two attached hydrogens (primary N) is 1. The first-order valence-corrected chi connectivity index (χ1v) is 11.1. The fraction of sp³-hybridized carbons (Fsp3) is 0.292. The fourth-order valence-corrected chi connectivity index (χ4v) is 3.92. The van der Waals surface area contributed by atoms with Crippen LogP contribution in [0.3, 0.4) is 0 Å². The molecule has 0 aliphatic carbocycles. The molecule has 0 aliphatic rings. The molecule has 0 spiro atoms. The van der Waals surface area contributed by atoms with Gasteiger partial charge in [0.1, 0.15) is 11.0 Å². The summed E-state index contributed by atoms with van der Waals surface area (Å²) < 4.78 is 39.7. The Balaban J connectivity index is 1.94. The first kappa shape index (κ1) is 25.3. The third-order valence-electron chi connectivity index (χ3n) is 5.45. The fourth-order valence-electron chi connectivity index (χ4n) is 3.78. The van der Waals surface area contributed by atoms with E-state index in [9.17, 15) is 18.0 Å². The molecule has 2 N–H and O–H groups in total. The summed E-state index contributed by atoms with van der Waals surface area (Å²) in [7, 11) is 0. The van der Waals surface area contributed by atoms with E-state index in [4.69, 9.17) is 17.3 Å². The van der Waals surface area contributed by atoms with Crippen molar-refractivity contribution >= 4 is 34.7 Å². The maximum Gasteiger partial charge on any atom is 0.416 e. The van der Waals surface area contributed by atoms with Crippen LogP contribution in [0.1, 0.15) is 48.3 Å². The van der Waals surface area contributed by atoms with E-state index in [0.717, 1.165) is 17.7 Å². The predicted molar refractivity (Wildman–Crippen MR) is 128 cm³/mol. The second-order valence-electron chi connectivity index (χ2n) is 7.65. The Morgan fingerprint density at radius 1 is 1.12 bits per heavy atom. The van der Waals surface area contributed by atoms with E-state index in [0.29, 0.717) is 18.1 Å². The predicted octanol–water partition coefficient (Wildman–Crippen LogP) is 5.99. The molecule has 1 aromatic heterocycles. The molecule has 2 aromatic carbocycles. The van der Waals surface area contributed by atoms with Crippen molar-refractivity contribution in [3.63, 3.8) is 0 Å². The normalized spacial score (nSPS) is 12.3. The lowest BCUT2D eigenvalue weighted by Gasteiger charge is -2.30. The van der Waals surface area contributed by atoms with Crippen LogP contribution in [0.5, 0.6) is 0 Å². The van der Waals surface area contributed by atoms with Gasteiger partial charge in [-0.1, -0.05) is 23.7 Å². The number of anilines is 3. The van der Waals surface area contributed by atoms with Crippen LogP contribution in [0.4, 0.5) is 30.4 Å². The van der Waals surface area contributed by atoms with Gasteiger partial charge in [0.25, 0.3) is 5.91 Å². The van der Waals surface area contributed by atoms with E-state index in [-0.39, 0.29) is 29.0 Å². The minimum absolute atomic E-state index is 0.127. The zero-order chi connectivity index (χ0) is 25.0. The average molecular weight is 492 g/mol. The molecule has 180 valence electrons. The summed E-state index contributed by atoms with van der Waals surface area (Å²) in [4.78, 5) is 25.0. The number of nitrogen functional groups attached to an aromatic ring is 1. The van der Waals surface area contributed by atoms with Crippen molar-refractivity contribution in [2.24, 2.45) is 0 Å². The smallest absolute Gasteiger partial charge is 0.399 e. The van der Waals surface area contributed by atoms with Crippen molar-refractivity contribution in [2.45, 2.75) is 33.0 Å². The molecule has 0 saturated heterocycles. The van der Waals surface area contributed by atoms with Crippen LogP contribution in [0.2, 0.25) is 5.15 Å². The van der Waals surface area contributed by atoms with Gasteiger partial charge in [0.2, 0.25) is 0 Å². The summed E-state index contributed by atoms with van der Waals surface area (Å²) in [5.41, 5.74) is 5.88. The highest BCUT2D eigenvalue weighted by atomic mass is 35.5. The molecule has 0 radical (unpaired) electrons. The Labute approximate surface area is 201 Å². The van der Waals surface area contributed by atoms with E-state index in [2.05, 4.69) is 9.97 Å². The summed E-state index contributed by atoms with van der Waals surface area (Å²) >= 11 is 6.00. The third kappa shape index (κ3) is 5.59. The topological polar surface area (TPSA) is 75.3 Å². The summed E-state index contributed by atoms with van der Waals surface area (Å²) in [5, 5.41) is 0.278. The zero-order valence-corrected chi connectivity index (χ0v) is 19.7. The van der Waals surface area contributed by atoms with Crippen LogP contribution in [-0.2, 0) is 6.18 Å². The van der Waals surface area contributed by atoms with E-state index in [1.807, 2.05) is 30.9 Å². The molecule has 0 bridgehead atoms. The van der Waals surface area contributed by atoms with Crippen molar-refractivity contribution in [1.82, 2.24) is 9.97 Å². The lowest BCUT2D eigenvalue weighted by atomic mass is 10.0. The number of hydrogen-bond donors (Lipinski definition) is 1. The molecule has 0 saturated carbocycles. The number of amides is 1. The van der Waals surface area contributed by atoms with Gasteiger partial charge in [-0.25, -0.2) is 4.98 Å². The number of hydrogen-bond acceptors (Lipinski definition) is 5. The second-order valence-corrected chi connectivity index (χ2v) is 8.04. The Morgan fingerprint density at radius 3 is 2.47 bits per heavy atom. The van der Waals surface area contributed by atoms with Crippen LogP contribution >= 0.6 is 11.6 Å². The molecule has 3 rings (SSSR count). The first-order valence-electron chi connectivity index (χ1n) is 10.7. The maximum atomic E-state index is 13.2. The number of aromatic nitrogens is 2. The lowest BCUT2D eigenvalue weighted by Crippen LogP contribution is -2.31. The van der Waals surface area contributed by atoms with Crippen molar-refractivity contribution in [3.05, 3.63) is 76.7 Å². The van der Waals surface area contributed by atoms with E-state index >= 15 is 0 Å². The van der Waals surface area contributed by atoms with Crippen molar-refractivity contribution in [2.75, 3.05) is 28.6 Å². The van der Waals surface area contributed by atoms with Crippen LogP contribution in [0.25, 0.3) is 0 Å². The molecule has 1 atom stereocenters. The Kier molecular flexibility index (Phi) is 7.66. The molecule has 1 heterocycles. The van der Waals surface area contributed by atoms with Gasteiger partial charge in [-0.05, 0) is 56.7 Å². The molecule has 3 aromatic rings. The standard InChI is InChI=1S/C24H25ClF3N5O/c1-4-32(22-14-30-13-21(25)31-22)15(3)16-7-6-8-20(11-16)33(5-2)23(34)17-9-18(24(26,27)28)12-19(29)10-17/h6-15H,4-5,29H2,1-3H3/t15-/m0/s1. The van der Waals surface area contributed by atoms with Crippen molar-refractivity contribution in [3.8, 4) is 0 Å². The van der Waals surface area contributed by atoms with Gasteiger partial charge < -0.3 is 15.5 Å². The van der Waals surface area contributed by atoms with Crippen molar-refractivity contribution in [1.29, 1.82) is 0 Å². The van der Waals surface area contributed by atoms with Gasteiger partial charge in [-0.15, -0.1) is 0 Å². The number of alkyl halides is 3. The summed E-state index contributed by atoms with van der Waals surface area (Å²) in [6.45, 7) is 6.59. The van der Waals surface area contributed by atoms with Crippen LogP contribution in [0, 0.1) is 0 Å². The Bertz CT molecular complexity index is 1170. The van der Waals surface area contributed by atoms with Gasteiger partial charge in [0, 0.05) is 30.0 Å². The maximum absolute atomic E-state index is 13.2. The minimum atomic E-state index is -4.61. The first-order chi connectivity index (χ1) is 16.0. The summed E-state index contributed by atoms with van der Waals surface area (Å²) in [6, 6.07) is 10.0. The molecule has 34 heavy (non-hydrogen) atoms. The molecule has 0 aliphatic heterocycles. The highest BCUT2D eigenvalue weighted by Crippen LogP contribution is 2.33. The van der Waals surface area contributed by atoms with Crippen LogP contribution < -0.4 is 15.5 Å². The largest absolute Gasteiger partial charge is 0.416 e. The third-order valence-corrected chi connectivity index (χ3v) is 5.63. The summed E-state index contributed by atoms with van der Waals surface area (Å²) in [5.74, 6) is 0.0360. The molecule has 6 nitrogen and oxygen atoms in total. The molecular weight excluding hydrogens is 467 g/mol. The highest BCUT2D eigenvalue weighted by Gasteiger charge is 2.32. The second kappa shape index (κ2) is 10.3. The number of carbonyl (C=O) groups excluding carboxylic acids is 1. The molecular formula is C24H25ClF3N5O. The van der Waals surface area contributed by atoms with Gasteiger partial charge >= 0.3 is 6.18 Å². The molecule has 0 fully saturated rings. The number of halogens is 4. The van der Waals surface area contributed by atoms with Gasteiger partial charge in [-0.3, -0.25) is 9.78 Å².